The number of nitrogens with zero attached hydrogens (tertiary/aromatic N) is 1. The van der Waals surface area contributed by atoms with E-state index in [0.717, 1.165) is 13.1 Å². The lowest BCUT2D eigenvalue weighted by Crippen LogP contribution is -2.54. The second-order valence-corrected chi connectivity index (χ2v) is 8.48. The molecule has 2 atom stereocenters. The molecule has 1 aliphatic rings. The van der Waals surface area contributed by atoms with Crippen LogP contribution >= 0.6 is 0 Å². The molecule has 0 saturated carbocycles. The van der Waals surface area contributed by atoms with Crippen molar-refractivity contribution in [2.45, 2.75) is 78.5 Å². The first kappa shape index (κ1) is 20.2. The normalized spacial score (nSPS) is 21.8. The van der Waals surface area contributed by atoms with Crippen molar-refractivity contribution in [2.24, 2.45) is 5.92 Å². The number of hydrogen-bond donors (Lipinski definition) is 2. The van der Waals surface area contributed by atoms with Gasteiger partial charge in [0.25, 0.3) is 0 Å². The fraction of sp³-hybridized carbons (Fsp3) is 0.944. The molecule has 0 spiro atoms. The number of carbonyl (C=O) groups is 1. The maximum absolute atomic E-state index is 11.9. The number of nitrogens with one attached hydrogen (secondary N) is 2. The smallest absolute Gasteiger partial charge is 0.408 e. The number of amides is 1. The third-order valence-corrected chi connectivity index (χ3v) is 4.40. The van der Waals surface area contributed by atoms with Crippen LogP contribution in [-0.2, 0) is 4.74 Å². The Kier molecular flexibility index (Phi) is 7.33. The third kappa shape index (κ3) is 8.02. The minimum Gasteiger partial charge on any atom is -0.444 e. The van der Waals surface area contributed by atoms with E-state index < -0.39 is 5.60 Å². The first-order chi connectivity index (χ1) is 10.5. The molecule has 136 valence electrons. The van der Waals surface area contributed by atoms with Crippen molar-refractivity contribution in [3.05, 3.63) is 0 Å². The van der Waals surface area contributed by atoms with Crippen molar-refractivity contribution in [1.82, 2.24) is 15.5 Å². The zero-order chi connectivity index (χ0) is 17.7. The molecule has 1 fully saturated rings. The van der Waals surface area contributed by atoms with Gasteiger partial charge < -0.3 is 20.3 Å². The van der Waals surface area contributed by atoms with E-state index in [0.29, 0.717) is 12.0 Å². The number of hydrogen-bond acceptors (Lipinski definition) is 4. The van der Waals surface area contributed by atoms with Gasteiger partial charge in [-0.1, -0.05) is 6.92 Å². The van der Waals surface area contributed by atoms with Gasteiger partial charge in [0, 0.05) is 19.1 Å². The van der Waals surface area contributed by atoms with E-state index in [9.17, 15) is 4.79 Å². The van der Waals surface area contributed by atoms with Crippen LogP contribution in [0.4, 0.5) is 4.79 Å². The van der Waals surface area contributed by atoms with E-state index in [4.69, 9.17) is 4.74 Å². The maximum Gasteiger partial charge on any atom is 0.408 e. The summed E-state index contributed by atoms with van der Waals surface area (Å²) in [4.78, 5) is 14.5. The second-order valence-electron chi connectivity index (χ2n) is 8.48. The summed E-state index contributed by atoms with van der Waals surface area (Å²) in [5.74, 6) is 0.682. The van der Waals surface area contributed by atoms with Gasteiger partial charge in [-0.15, -0.1) is 0 Å². The first-order valence-electron chi connectivity index (χ1n) is 8.99. The van der Waals surface area contributed by atoms with Gasteiger partial charge in [-0.25, -0.2) is 4.79 Å². The van der Waals surface area contributed by atoms with Crippen LogP contribution in [0.2, 0.25) is 0 Å². The molecule has 5 nitrogen and oxygen atoms in total. The van der Waals surface area contributed by atoms with Gasteiger partial charge in [-0.2, -0.15) is 0 Å². The predicted molar refractivity (Wildman–Crippen MR) is 95.8 cm³/mol. The van der Waals surface area contributed by atoms with Gasteiger partial charge in [-0.05, 0) is 73.4 Å². The number of alkyl carbamates (subject to hydrolysis) is 1. The van der Waals surface area contributed by atoms with Crippen LogP contribution in [-0.4, -0.2) is 54.4 Å². The van der Waals surface area contributed by atoms with Crippen LogP contribution in [0, 0.1) is 5.92 Å². The summed E-state index contributed by atoms with van der Waals surface area (Å²) in [5.41, 5.74) is -0.803. The van der Waals surface area contributed by atoms with Crippen LogP contribution in [0.15, 0.2) is 0 Å². The highest BCUT2D eigenvalue weighted by molar-refractivity contribution is 5.68. The van der Waals surface area contributed by atoms with E-state index in [-0.39, 0.29) is 11.6 Å². The Morgan fingerprint density at radius 2 is 1.96 bits per heavy atom. The highest BCUT2D eigenvalue weighted by atomic mass is 16.6. The molecule has 0 radical (unpaired) electrons. The lowest BCUT2D eigenvalue weighted by Gasteiger charge is -2.37. The van der Waals surface area contributed by atoms with Crippen molar-refractivity contribution in [3.8, 4) is 0 Å². The lowest BCUT2D eigenvalue weighted by molar-refractivity contribution is 0.0468. The van der Waals surface area contributed by atoms with E-state index in [1.165, 1.54) is 25.9 Å². The van der Waals surface area contributed by atoms with Gasteiger partial charge >= 0.3 is 6.09 Å². The van der Waals surface area contributed by atoms with E-state index >= 15 is 0 Å². The lowest BCUT2D eigenvalue weighted by atomic mass is 9.91. The van der Waals surface area contributed by atoms with Crippen LogP contribution in [0.25, 0.3) is 0 Å². The topological polar surface area (TPSA) is 53.6 Å². The van der Waals surface area contributed by atoms with Gasteiger partial charge in [0.2, 0.25) is 0 Å². The maximum atomic E-state index is 11.9. The number of piperidine rings is 1. The molecule has 5 heteroatoms. The van der Waals surface area contributed by atoms with Crippen molar-refractivity contribution >= 4 is 6.09 Å². The van der Waals surface area contributed by atoms with Crippen LogP contribution < -0.4 is 10.6 Å². The minimum atomic E-state index is -0.466. The van der Waals surface area contributed by atoms with Crippen molar-refractivity contribution in [2.75, 3.05) is 26.2 Å². The molecular formula is C18H37N3O2. The van der Waals surface area contributed by atoms with Crippen LogP contribution in [0.5, 0.6) is 0 Å². The third-order valence-electron chi connectivity index (χ3n) is 4.40. The summed E-state index contributed by atoms with van der Waals surface area (Å²) in [5, 5.41) is 6.57. The van der Waals surface area contributed by atoms with E-state index in [1.54, 1.807) is 0 Å². The Bertz CT molecular complexity index is 377. The molecular weight excluding hydrogens is 290 g/mol. The average molecular weight is 328 g/mol. The molecule has 2 N–H and O–H groups in total. The molecule has 1 rings (SSSR count). The average Bonchev–Trinajstić information content (AvgIpc) is 2.42. The number of carbonyl (C=O) groups excluding carboxylic acids is 1. The SMILES string of the molecule is CCN1CCCC(C(C)NCC(C)(C)NC(=O)OC(C)(C)C)C1. The Labute approximate surface area is 142 Å². The Hall–Kier alpha value is -0.810. The van der Waals surface area contributed by atoms with Crippen LogP contribution in [0.1, 0.15) is 61.3 Å². The number of likely N-dealkylation sites (tertiary alicyclic amines) is 1. The summed E-state index contributed by atoms with van der Waals surface area (Å²) < 4.78 is 5.34. The summed E-state index contributed by atoms with van der Waals surface area (Å²) >= 11 is 0. The van der Waals surface area contributed by atoms with Crippen molar-refractivity contribution in [3.63, 3.8) is 0 Å². The molecule has 0 aromatic rings. The molecule has 0 bridgehead atoms. The van der Waals surface area contributed by atoms with Gasteiger partial charge in [0.15, 0.2) is 0 Å². The summed E-state index contributed by atoms with van der Waals surface area (Å²) in [6, 6.07) is 0.448. The molecule has 1 amide bonds. The highest BCUT2D eigenvalue weighted by Crippen LogP contribution is 2.20. The molecule has 1 aliphatic heterocycles. The quantitative estimate of drug-likeness (QED) is 0.787. The van der Waals surface area contributed by atoms with E-state index in [2.05, 4.69) is 29.4 Å². The Morgan fingerprint density at radius 3 is 2.52 bits per heavy atom. The highest BCUT2D eigenvalue weighted by Gasteiger charge is 2.28. The van der Waals surface area contributed by atoms with Crippen molar-refractivity contribution in [1.29, 1.82) is 0 Å². The van der Waals surface area contributed by atoms with E-state index in [1.807, 2.05) is 34.6 Å². The molecule has 0 aromatic heterocycles. The predicted octanol–water partition coefficient (Wildman–Crippen LogP) is 3.00. The van der Waals surface area contributed by atoms with Gasteiger partial charge in [0.1, 0.15) is 5.60 Å². The molecule has 23 heavy (non-hydrogen) atoms. The standard InChI is InChI=1S/C18H37N3O2/c1-8-21-11-9-10-15(12-21)14(2)19-13-18(6,7)20-16(22)23-17(3,4)5/h14-15,19H,8-13H2,1-7H3,(H,20,22). The summed E-state index contributed by atoms with van der Waals surface area (Å²) in [7, 11) is 0. The largest absolute Gasteiger partial charge is 0.444 e. The van der Waals surface area contributed by atoms with Crippen LogP contribution in [0.3, 0.4) is 0 Å². The fourth-order valence-corrected chi connectivity index (χ4v) is 2.99. The Morgan fingerprint density at radius 1 is 1.30 bits per heavy atom. The van der Waals surface area contributed by atoms with Crippen molar-refractivity contribution < 1.29 is 9.53 Å². The fourth-order valence-electron chi connectivity index (χ4n) is 2.99. The molecule has 0 aliphatic carbocycles. The molecule has 0 aromatic carbocycles. The molecule has 1 saturated heterocycles. The van der Waals surface area contributed by atoms with Gasteiger partial charge in [0.05, 0.1) is 5.54 Å². The minimum absolute atomic E-state index is 0.338. The second kappa shape index (κ2) is 8.34. The molecule has 2 unspecified atom stereocenters. The monoisotopic (exact) mass is 327 g/mol. The summed E-state index contributed by atoms with van der Waals surface area (Å²) in [6.07, 6.45) is 2.21. The molecule has 1 heterocycles. The first-order valence-corrected chi connectivity index (χ1v) is 8.99. The zero-order valence-electron chi connectivity index (χ0n) is 16.2. The van der Waals surface area contributed by atoms with Gasteiger partial charge in [-0.3, -0.25) is 0 Å². The zero-order valence-corrected chi connectivity index (χ0v) is 16.2. The summed E-state index contributed by atoms with van der Waals surface area (Å²) in [6.45, 7) is 18.4. The number of ether oxygens (including phenoxy) is 1. The number of rotatable bonds is 6. The Balaban J connectivity index is 2.40.